The number of allylic oxidation sites excluding steroid dienone is 1. The molecule has 0 spiro atoms. The maximum atomic E-state index is 13.4. The van der Waals surface area contributed by atoms with Gasteiger partial charge in [-0.1, -0.05) is 58.4 Å². The van der Waals surface area contributed by atoms with Crippen LogP contribution in [-0.4, -0.2) is 47.8 Å². The Labute approximate surface area is 176 Å². The van der Waals surface area contributed by atoms with Crippen molar-refractivity contribution in [2.24, 2.45) is 5.92 Å². The van der Waals surface area contributed by atoms with Gasteiger partial charge in [0.1, 0.15) is 6.17 Å². The summed E-state index contributed by atoms with van der Waals surface area (Å²) in [7, 11) is 3.17. The summed E-state index contributed by atoms with van der Waals surface area (Å²) in [5.74, 6) is -1.45. The van der Waals surface area contributed by atoms with E-state index in [0.717, 1.165) is 20.5 Å². The fourth-order valence-electron chi connectivity index (χ4n) is 4.72. The smallest absolute Gasteiger partial charge is 0.327 e. The van der Waals surface area contributed by atoms with E-state index in [1.165, 1.54) is 7.05 Å². The summed E-state index contributed by atoms with van der Waals surface area (Å²) in [5.41, 5.74) is 3.60. The molecule has 3 unspecified atom stereocenters. The molecule has 1 saturated heterocycles. The number of hydrogen-bond acceptors (Lipinski definition) is 4. The molecule has 1 aliphatic carbocycles. The zero-order chi connectivity index (χ0) is 20.4. The normalized spacial score (nSPS) is 25.6. The zero-order valence-electron chi connectivity index (χ0n) is 15.8. The first-order valence-electron chi connectivity index (χ1n) is 9.35. The number of carbonyl (C=O) groups excluding carboxylic acids is 3. The molecule has 2 aromatic rings. The van der Waals surface area contributed by atoms with Crippen LogP contribution in [0.1, 0.15) is 27.4 Å². The molecule has 2 aliphatic heterocycles. The van der Waals surface area contributed by atoms with Crippen molar-refractivity contribution in [2.45, 2.75) is 12.1 Å². The van der Waals surface area contributed by atoms with E-state index in [-0.39, 0.29) is 17.7 Å². The van der Waals surface area contributed by atoms with Crippen LogP contribution in [0.4, 0.5) is 4.79 Å². The molecule has 0 saturated carbocycles. The molecule has 146 valence electrons. The SMILES string of the molecule is CN1C(=O)C2C(c3ccccc3Br)C3=C(NC2N(C)C1=O)c1ccccc1C3=O. The maximum absolute atomic E-state index is 13.4. The number of fused-ring (bicyclic) bond motifs is 3. The third-order valence-corrected chi connectivity index (χ3v) is 6.84. The van der Waals surface area contributed by atoms with Crippen molar-refractivity contribution in [3.63, 3.8) is 0 Å². The van der Waals surface area contributed by atoms with Crippen LogP contribution in [0.25, 0.3) is 5.70 Å². The van der Waals surface area contributed by atoms with Crippen LogP contribution >= 0.6 is 15.9 Å². The Morgan fingerprint density at radius 3 is 2.31 bits per heavy atom. The van der Waals surface area contributed by atoms with Gasteiger partial charge >= 0.3 is 6.03 Å². The second kappa shape index (κ2) is 6.29. The van der Waals surface area contributed by atoms with Gasteiger partial charge in [-0.15, -0.1) is 0 Å². The van der Waals surface area contributed by atoms with Gasteiger partial charge in [-0.05, 0) is 11.6 Å². The lowest BCUT2D eigenvalue weighted by atomic mass is 9.73. The molecule has 2 heterocycles. The number of nitrogens with zero attached hydrogens (tertiary/aromatic N) is 2. The zero-order valence-corrected chi connectivity index (χ0v) is 17.4. The summed E-state index contributed by atoms with van der Waals surface area (Å²) in [5, 5.41) is 3.36. The fourth-order valence-corrected chi connectivity index (χ4v) is 5.25. The van der Waals surface area contributed by atoms with Crippen LogP contribution in [0.3, 0.4) is 0 Å². The fraction of sp³-hybridized carbons (Fsp3) is 0.227. The number of ketones is 1. The van der Waals surface area contributed by atoms with E-state index in [2.05, 4.69) is 21.2 Å². The van der Waals surface area contributed by atoms with Gasteiger partial charge in [0, 0.05) is 41.2 Å². The molecule has 7 heteroatoms. The number of halogens is 1. The Balaban J connectivity index is 1.78. The van der Waals surface area contributed by atoms with Gasteiger partial charge in [0.05, 0.1) is 11.6 Å². The van der Waals surface area contributed by atoms with Crippen LogP contribution in [0, 0.1) is 5.92 Å². The first kappa shape index (κ1) is 18.1. The first-order chi connectivity index (χ1) is 13.9. The highest BCUT2D eigenvalue weighted by Gasteiger charge is 2.54. The first-order valence-corrected chi connectivity index (χ1v) is 10.1. The van der Waals surface area contributed by atoms with Gasteiger partial charge in [0.2, 0.25) is 5.91 Å². The van der Waals surface area contributed by atoms with Gasteiger partial charge in [-0.25, -0.2) is 4.79 Å². The van der Waals surface area contributed by atoms with Crippen molar-refractivity contribution >= 4 is 39.3 Å². The molecule has 2 aromatic carbocycles. The Bertz CT molecular complexity index is 1130. The van der Waals surface area contributed by atoms with Crippen LogP contribution < -0.4 is 5.32 Å². The molecule has 0 radical (unpaired) electrons. The van der Waals surface area contributed by atoms with Gasteiger partial charge in [0.25, 0.3) is 0 Å². The summed E-state index contributed by atoms with van der Waals surface area (Å²) >= 11 is 3.60. The third-order valence-electron chi connectivity index (χ3n) is 6.12. The monoisotopic (exact) mass is 451 g/mol. The largest absolute Gasteiger partial charge is 0.364 e. The minimum Gasteiger partial charge on any atom is -0.364 e. The van der Waals surface area contributed by atoms with E-state index < -0.39 is 18.0 Å². The number of hydrogen-bond donors (Lipinski definition) is 1. The molecule has 3 aliphatic rings. The minimum atomic E-state index is -0.613. The average Bonchev–Trinajstić information content (AvgIpc) is 3.02. The highest BCUT2D eigenvalue weighted by Crippen LogP contribution is 2.50. The maximum Gasteiger partial charge on any atom is 0.327 e. The number of rotatable bonds is 1. The van der Waals surface area contributed by atoms with Crippen molar-refractivity contribution in [1.82, 2.24) is 15.1 Å². The molecule has 1 N–H and O–H groups in total. The third kappa shape index (κ3) is 2.37. The van der Waals surface area contributed by atoms with E-state index in [0.29, 0.717) is 16.8 Å². The Hall–Kier alpha value is -2.93. The predicted octanol–water partition coefficient (Wildman–Crippen LogP) is 3.21. The van der Waals surface area contributed by atoms with E-state index in [9.17, 15) is 14.4 Å². The van der Waals surface area contributed by atoms with Crippen molar-refractivity contribution in [1.29, 1.82) is 0 Å². The Morgan fingerprint density at radius 2 is 1.59 bits per heavy atom. The van der Waals surface area contributed by atoms with Crippen LogP contribution in [0.5, 0.6) is 0 Å². The van der Waals surface area contributed by atoms with E-state index >= 15 is 0 Å². The number of carbonyl (C=O) groups is 3. The number of urea groups is 1. The van der Waals surface area contributed by atoms with Crippen molar-refractivity contribution in [2.75, 3.05) is 14.1 Å². The molecule has 29 heavy (non-hydrogen) atoms. The topological polar surface area (TPSA) is 69.7 Å². The summed E-state index contributed by atoms with van der Waals surface area (Å²) in [6.07, 6.45) is -0.541. The second-order valence-electron chi connectivity index (χ2n) is 7.57. The number of Topliss-reactive ketones (excluding diaryl/α,β-unsaturated/α-hetero) is 1. The lowest BCUT2D eigenvalue weighted by Gasteiger charge is -2.48. The Kier molecular flexibility index (Phi) is 3.93. The molecule has 5 rings (SSSR count). The second-order valence-corrected chi connectivity index (χ2v) is 8.42. The molecule has 6 nitrogen and oxygen atoms in total. The summed E-state index contributed by atoms with van der Waals surface area (Å²) < 4.78 is 0.830. The summed E-state index contributed by atoms with van der Waals surface area (Å²) in [4.78, 5) is 42.0. The lowest BCUT2D eigenvalue weighted by Crippen LogP contribution is -2.66. The van der Waals surface area contributed by atoms with E-state index in [4.69, 9.17) is 0 Å². The minimum absolute atomic E-state index is 0.0719. The van der Waals surface area contributed by atoms with Gasteiger partial charge in [-0.2, -0.15) is 0 Å². The van der Waals surface area contributed by atoms with Gasteiger partial charge in [0.15, 0.2) is 5.78 Å². The average molecular weight is 452 g/mol. The summed E-state index contributed by atoms with van der Waals surface area (Å²) in [6.45, 7) is 0. The number of benzene rings is 2. The molecule has 0 bridgehead atoms. The van der Waals surface area contributed by atoms with Crippen LogP contribution in [0.2, 0.25) is 0 Å². The standard InChI is InChI=1S/C22H18BrN3O3/c1-25-20-17(21(28)26(2)22(25)29)15(13-9-5-6-10-14(13)23)16-18(24-20)11-7-3-4-8-12(11)19(16)27/h3-10,15,17,20,24H,1-2H3. The number of imide groups is 1. The van der Waals surface area contributed by atoms with Crippen LogP contribution in [0.15, 0.2) is 58.6 Å². The number of nitrogens with one attached hydrogen (secondary N) is 1. The number of amides is 3. The highest BCUT2D eigenvalue weighted by atomic mass is 79.9. The van der Waals surface area contributed by atoms with E-state index in [1.54, 1.807) is 18.0 Å². The molecule has 1 fully saturated rings. The van der Waals surface area contributed by atoms with Crippen LogP contribution in [-0.2, 0) is 4.79 Å². The van der Waals surface area contributed by atoms with Gasteiger partial charge in [-0.3, -0.25) is 14.5 Å². The Morgan fingerprint density at radius 1 is 0.931 bits per heavy atom. The predicted molar refractivity (Wildman–Crippen MR) is 111 cm³/mol. The van der Waals surface area contributed by atoms with Crippen molar-refractivity contribution < 1.29 is 14.4 Å². The van der Waals surface area contributed by atoms with Crippen molar-refractivity contribution in [3.8, 4) is 0 Å². The highest BCUT2D eigenvalue weighted by molar-refractivity contribution is 9.10. The molecule has 3 amide bonds. The lowest BCUT2D eigenvalue weighted by molar-refractivity contribution is -0.138. The molecular formula is C22H18BrN3O3. The quantitative estimate of drug-likeness (QED) is 0.722. The van der Waals surface area contributed by atoms with Crippen molar-refractivity contribution in [3.05, 3.63) is 75.3 Å². The van der Waals surface area contributed by atoms with Gasteiger partial charge < -0.3 is 10.2 Å². The van der Waals surface area contributed by atoms with E-state index in [1.807, 2.05) is 42.5 Å². The molecular weight excluding hydrogens is 434 g/mol. The summed E-state index contributed by atoms with van der Waals surface area (Å²) in [6, 6.07) is 14.7. The molecule has 0 aromatic heterocycles. The molecule has 3 atom stereocenters.